The largest absolute Gasteiger partial charge is 0.543 e. The standard InChI is InChI=1S/C35H46O5Si/c1-10-11-24-35(33(36)38-8,34(37)39-9)32(30-20-16-13-17-21-30)25-31(23-22-29-18-14-12-15-19-29)40-41(26(2)3,27(4)5)28(6)7/h12-23,25-28,32H,24H2,1-9H3/b23-22+,31-25-. The third-order valence-corrected chi connectivity index (χ3v) is 13.9. The maximum absolute atomic E-state index is 13.7. The van der Waals surface area contributed by atoms with Crippen LogP contribution in [0.5, 0.6) is 0 Å². The van der Waals surface area contributed by atoms with Gasteiger partial charge in [-0.15, -0.1) is 11.8 Å². The summed E-state index contributed by atoms with van der Waals surface area (Å²) >= 11 is 0. The number of hydrogen-bond donors (Lipinski definition) is 0. The fourth-order valence-corrected chi connectivity index (χ4v) is 11.2. The molecule has 41 heavy (non-hydrogen) atoms. The van der Waals surface area contributed by atoms with E-state index in [4.69, 9.17) is 13.9 Å². The summed E-state index contributed by atoms with van der Waals surface area (Å²) in [7, 11) is 0.136. The van der Waals surface area contributed by atoms with Gasteiger partial charge in [-0.05, 0) is 46.8 Å². The fourth-order valence-electron chi connectivity index (χ4n) is 5.96. The molecule has 0 aromatic heterocycles. The second-order valence-corrected chi connectivity index (χ2v) is 16.6. The summed E-state index contributed by atoms with van der Waals surface area (Å²) < 4.78 is 17.8. The Balaban J connectivity index is 2.99. The van der Waals surface area contributed by atoms with Crippen molar-refractivity contribution in [2.75, 3.05) is 14.2 Å². The molecule has 0 saturated heterocycles. The highest BCUT2D eigenvalue weighted by atomic mass is 28.4. The zero-order valence-electron chi connectivity index (χ0n) is 26.1. The molecule has 0 saturated carbocycles. The first-order valence-electron chi connectivity index (χ1n) is 14.3. The Labute approximate surface area is 248 Å². The predicted molar refractivity (Wildman–Crippen MR) is 169 cm³/mol. The van der Waals surface area contributed by atoms with Gasteiger partial charge < -0.3 is 13.9 Å². The van der Waals surface area contributed by atoms with Crippen molar-refractivity contribution in [3.63, 3.8) is 0 Å². The monoisotopic (exact) mass is 574 g/mol. The van der Waals surface area contributed by atoms with E-state index in [-0.39, 0.29) is 6.42 Å². The molecule has 0 spiro atoms. The molecule has 0 N–H and O–H groups in total. The molecule has 2 aromatic rings. The van der Waals surface area contributed by atoms with Crippen LogP contribution in [0, 0.1) is 17.3 Å². The van der Waals surface area contributed by atoms with Gasteiger partial charge in [0.1, 0.15) is 0 Å². The summed E-state index contributed by atoms with van der Waals surface area (Å²) in [6.07, 6.45) is 5.77. The van der Waals surface area contributed by atoms with Crippen LogP contribution in [0.2, 0.25) is 16.6 Å². The third-order valence-electron chi connectivity index (χ3n) is 7.91. The highest BCUT2D eigenvalue weighted by Crippen LogP contribution is 2.47. The minimum absolute atomic E-state index is 0.0737. The Bertz CT molecular complexity index is 1210. The van der Waals surface area contributed by atoms with E-state index in [2.05, 4.69) is 53.4 Å². The highest BCUT2D eigenvalue weighted by molar-refractivity contribution is 6.77. The van der Waals surface area contributed by atoms with Crippen LogP contribution in [0.4, 0.5) is 0 Å². The first kappa shape index (κ1) is 33.6. The van der Waals surface area contributed by atoms with Gasteiger partial charge in [0.15, 0.2) is 5.41 Å². The van der Waals surface area contributed by atoms with Gasteiger partial charge in [-0.3, -0.25) is 9.59 Å². The van der Waals surface area contributed by atoms with E-state index < -0.39 is 31.6 Å². The van der Waals surface area contributed by atoms with Crippen molar-refractivity contribution < 1.29 is 23.5 Å². The average molecular weight is 575 g/mol. The lowest BCUT2D eigenvalue weighted by atomic mass is 9.69. The van der Waals surface area contributed by atoms with Crippen LogP contribution in [0.25, 0.3) is 6.08 Å². The molecule has 220 valence electrons. The SMILES string of the molecule is CC#CCC(C(=O)OC)(C(=O)OC)C(/C=C(/C=C/c1ccccc1)O[Si](C(C)C)(C(C)C)C(C)C)c1ccccc1. The second kappa shape index (κ2) is 15.4. The third kappa shape index (κ3) is 7.59. The number of allylic oxidation sites excluding steroid dienone is 2. The van der Waals surface area contributed by atoms with Crippen molar-refractivity contribution >= 4 is 26.3 Å². The molecule has 2 rings (SSSR count). The van der Waals surface area contributed by atoms with Crippen molar-refractivity contribution in [1.82, 2.24) is 0 Å². The topological polar surface area (TPSA) is 61.8 Å². The number of ether oxygens (including phenoxy) is 2. The van der Waals surface area contributed by atoms with Crippen LogP contribution >= 0.6 is 0 Å². The lowest BCUT2D eigenvalue weighted by Gasteiger charge is -2.43. The summed E-state index contributed by atoms with van der Waals surface area (Å²) in [5.41, 5.74) is 0.935. The van der Waals surface area contributed by atoms with E-state index in [1.54, 1.807) is 6.92 Å². The Morgan fingerprint density at radius 1 is 0.829 bits per heavy atom. The quantitative estimate of drug-likeness (QED) is 0.0601. The number of benzene rings is 2. The Morgan fingerprint density at radius 2 is 1.32 bits per heavy atom. The van der Waals surface area contributed by atoms with E-state index in [9.17, 15) is 9.59 Å². The summed E-state index contributed by atoms with van der Waals surface area (Å²) in [5, 5.41) is 0. The number of hydrogen-bond acceptors (Lipinski definition) is 5. The molecular weight excluding hydrogens is 528 g/mol. The number of methoxy groups -OCH3 is 2. The first-order valence-corrected chi connectivity index (χ1v) is 16.4. The number of esters is 2. The lowest BCUT2D eigenvalue weighted by Crippen LogP contribution is -2.48. The Kier molecular flexibility index (Phi) is 12.7. The Hall–Kier alpha value is -3.56. The minimum Gasteiger partial charge on any atom is -0.543 e. The summed E-state index contributed by atoms with van der Waals surface area (Å²) in [6.45, 7) is 15.0. The molecule has 0 heterocycles. The van der Waals surface area contributed by atoms with Gasteiger partial charge >= 0.3 is 11.9 Å². The van der Waals surface area contributed by atoms with Crippen molar-refractivity contribution in [1.29, 1.82) is 0 Å². The van der Waals surface area contributed by atoms with Crippen LogP contribution in [0.15, 0.2) is 78.6 Å². The molecular formula is C35H46O5Si. The number of carbonyl (C=O) groups excluding carboxylic acids is 2. The number of rotatable bonds is 13. The first-order chi connectivity index (χ1) is 19.5. The molecule has 0 bridgehead atoms. The predicted octanol–water partition coefficient (Wildman–Crippen LogP) is 8.31. The van der Waals surface area contributed by atoms with Gasteiger partial charge in [-0.25, -0.2) is 0 Å². The summed E-state index contributed by atoms with van der Waals surface area (Å²) in [5.74, 6) is 4.23. The van der Waals surface area contributed by atoms with E-state index in [1.165, 1.54) is 14.2 Å². The van der Waals surface area contributed by atoms with Crippen LogP contribution < -0.4 is 0 Å². The van der Waals surface area contributed by atoms with Gasteiger partial charge in [0.05, 0.1) is 20.0 Å². The summed E-state index contributed by atoms with van der Waals surface area (Å²) in [6, 6.07) is 19.4. The van der Waals surface area contributed by atoms with Crippen LogP contribution in [-0.2, 0) is 23.5 Å². The van der Waals surface area contributed by atoms with Gasteiger partial charge in [-0.1, -0.05) is 108 Å². The average Bonchev–Trinajstić information content (AvgIpc) is 2.97. The Morgan fingerprint density at radius 3 is 1.76 bits per heavy atom. The molecule has 0 aliphatic rings. The lowest BCUT2D eigenvalue weighted by molar-refractivity contribution is -0.169. The van der Waals surface area contributed by atoms with E-state index >= 15 is 0 Å². The molecule has 0 radical (unpaired) electrons. The van der Waals surface area contributed by atoms with Gasteiger partial charge in [0.25, 0.3) is 8.32 Å². The molecule has 0 aliphatic heterocycles. The molecule has 1 unspecified atom stereocenters. The molecule has 5 nitrogen and oxygen atoms in total. The van der Waals surface area contributed by atoms with Crippen molar-refractivity contribution in [2.24, 2.45) is 5.41 Å². The molecule has 0 amide bonds. The molecule has 0 fully saturated rings. The van der Waals surface area contributed by atoms with Crippen molar-refractivity contribution in [3.05, 3.63) is 89.7 Å². The zero-order valence-corrected chi connectivity index (χ0v) is 27.1. The maximum Gasteiger partial charge on any atom is 0.325 e. The highest BCUT2D eigenvalue weighted by Gasteiger charge is 2.55. The van der Waals surface area contributed by atoms with E-state index in [1.807, 2.05) is 78.9 Å². The molecule has 6 heteroatoms. The minimum atomic E-state index is -2.43. The molecule has 2 aromatic carbocycles. The molecule has 0 aliphatic carbocycles. The fraction of sp³-hybridized carbons (Fsp3) is 0.429. The van der Waals surface area contributed by atoms with Crippen LogP contribution in [0.1, 0.15) is 71.9 Å². The normalized spacial score (nSPS) is 13.2. The smallest absolute Gasteiger partial charge is 0.325 e. The van der Waals surface area contributed by atoms with Crippen molar-refractivity contribution in [3.8, 4) is 11.8 Å². The maximum atomic E-state index is 13.7. The molecule has 1 atom stereocenters. The van der Waals surface area contributed by atoms with Gasteiger partial charge in [0, 0.05) is 12.3 Å². The summed E-state index contributed by atoms with van der Waals surface area (Å²) in [4.78, 5) is 27.3. The van der Waals surface area contributed by atoms with Crippen molar-refractivity contribution in [2.45, 2.75) is 77.4 Å². The zero-order chi connectivity index (χ0) is 30.6. The van der Waals surface area contributed by atoms with Crippen LogP contribution in [0.3, 0.4) is 0 Å². The van der Waals surface area contributed by atoms with Gasteiger partial charge in [-0.2, -0.15) is 0 Å². The van der Waals surface area contributed by atoms with Gasteiger partial charge in [0.2, 0.25) is 0 Å². The van der Waals surface area contributed by atoms with E-state index in [0.29, 0.717) is 22.4 Å². The van der Waals surface area contributed by atoms with E-state index in [0.717, 1.165) is 11.1 Å². The number of carbonyl (C=O) groups is 2. The van der Waals surface area contributed by atoms with Crippen LogP contribution in [-0.4, -0.2) is 34.5 Å². The second-order valence-electron chi connectivity index (χ2n) is 11.2.